The fourth-order valence-electron chi connectivity index (χ4n) is 1.19. The van der Waals surface area contributed by atoms with Gasteiger partial charge in [-0.3, -0.25) is 0 Å². The molecule has 0 saturated heterocycles. The van der Waals surface area contributed by atoms with Crippen LogP contribution in [0, 0.1) is 0 Å². The molecule has 1 nitrogen and oxygen atoms in total. The molecule has 0 spiro atoms. The third kappa shape index (κ3) is 2.85. The zero-order chi connectivity index (χ0) is 10.7. The Kier molecular flexibility index (Phi) is 3.47. The van der Waals surface area contributed by atoms with Crippen LogP contribution in [-0.4, -0.2) is 20.1 Å². The fraction of sp³-hybridized carbons (Fsp3) is 0. The van der Waals surface area contributed by atoms with Gasteiger partial charge in [-0.1, -0.05) is 0 Å². The molecule has 76 valence electrons. The van der Waals surface area contributed by atoms with E-state index in [1.54, 1.807) is 6.07 Å². The number of hydrogen-bond donors (Lipinski definition) is 1. The second-order valence-corrected chi connectivity index (χ2v) is 6.28. The zero-order valence-electron chi connectivity index (χ0n) is 7.85. The number of rotatable bonds is 2. The average molecular weight is 328 g/mol. The molecule has 0 amide bonds. The van der Waals surface area contributed by atoms with Crippen LogP contribution in [0.2, 0.25) is 0 Å². The monoisotopic (exact) mass is 328 g/mol. The topological polar surface area (TPSA) is 20.2 Å². The van der Waals surface area contributed by atoms with Gasteiger partial charge in [-0.05, 0) is 0 Å². The van der Waals surface area contributed by atoms with Gasteiger partial charge in [0.05, 0.1) is 0 Å². The molecule has 2 aromatic carbocycles. The third-order valence-electron chi connectivity index (χ3n) is 1.89. The molecule has 15 heavy (non-hydrogen) atoms. The molecule has 0 fully saturated rings. The number of aromatic hydroxyl groups is 1. The van der Waals surface area contributed by atoms with Gasteiger partial charge in [0.1, 0.15) is 0 Å². The van der Waals surface area contributed by atoms with Gasteiger partial charge in [0, 0.05) is 0 Å². The molecule has 0 atom stereocenters. The van der Waals surface area contributed by atoms with Crippen molar-refractivity contribution in [3.63, 3.8) is 0 Å². The number of benzene rings is 2. The van der Waals surface area contributed by atoms with E-state index in [1.807, 2.05) is 30.3 Å². The molecular formula is C12H9BrOSe. The molecule has 0 unspecified atom stereocenters. The van der Waals surface area contributed by atoms with Crippen molar-refractivity contribution in [2.75, 3.05) is 0 Å². The predicted molar refractivity (Wildman–Crippen MR) is 67.3 cm³/mol. The van der Waals surface area contributed by atoms with Crippen molar-refractivity contribution < 1.29 is 5.11 Å². The van der Waals surface area contributed by atoms with Gasteiger partial charge in [-0.2, -0.15) is 0 Å². The van der Waals surface area contributed by atoms with Gasteiger partial charge in [-0.25, -0.2) is 0 Å². The number of phenols is 1. The summed E-state index contributed by atoms with van der Waals surface area (Å²) in [6, 6.07) is 15.8. The van der Waals surface area contributed by atoms with Crippen molar-refractivity contribution in [1.29, 1.82) is 0 Å². The summed E-state index contributed by atoms with van der Waals surface area (Å²) in [5.74, 6) is 0.377. The Bertz CT molecular complexity index is 456. The molecule has 0 radical (unpaired) electrons. The Morgan fingerprint density at radius 2 is 1.73 bits per heavy atom. The second-order valence-electron chi connectivity index (χ2n) is 3.03. The van der Waals surface area contributed by atoms with E-state index in [0.29, 0.717) is 5.75 Å². The van der Waals surface area contributed by atoms with E-state index in [-0.39, 0.29) is 15.0 Å². The second kappa shape index (κ2) is 4.84. The molecule has 2 rings (SSSR count). The first-order chi connectivity index (χ1) is 7.25. The van der Waals surface area contributed by atoms with Crippen LogP contribution in [-0.2, 0) is 0 Å². The predicted octanol–water partition coefficient (Wildman–Crippen LogP) is 1.81. The van der Waals surface area contributed by atoms with Crippen LogP contribution in [0.25, 0.3) is 0 Å². The molecule has 0 aromatic heterocycles. The van der Waals surface area contributed by atoms with Crippen LogP contribution in [0.4, 0.5) is 0 Å². The minimum atomic E-state index is 0.162. The molecule has 0 aliphatic heterocycles. The quantitative estimate of drug-likeness (QED) is 0.834. The normalized spacial score (nSPS) is 10.2. The molecule has 1 N–H and O–H groups in total. The standard InChI is InChI=1S/C12H9BrOSe/c13-9-6-7-11(14)12(8-9)15-10-4-2-1-3-5-10/h1-8,14H. The van der Waals surface area contributed by atoms with Gasteiger partial charge in [0.25, 0.3) is 0 Å². The SMILES string of the molecule is Oc1ccc(Br)cc1[Se]c1ccccc1. The van der Waals surface area contributed by atoms with E-state index in [1.165, 1.54) is 4.46 Å². The molecule has 0 bridgehead atoms. The maximum atomic E-state index is 9.69. The summed E-state index contributed by atoms with van der Waals surface area (Å²) in [7, 11) is 0. The molecule has 0 heterocycles. The van der Waals surface area contributed by atoms with Gasteiger partial charge in [0.2, 0.25) is 0 Å². The van der Waals surface area contributed by atoms with Crippen LogP contribution in [0.3, 0.4) is 0 Å². The van der Waals surface area contributed by atoms with E-state index in [4.69, 9.17) is 0 Å². The van der Waals surface area contributed by atoms with Crippen LogP contribution >= 0.6 is 15.9 Å². The number of halogens is 1. The van der Waals surface area contributed by atoms with E-state index < -0.39 is 0 Å². The van der Waals surface area contributed by atoms with E-state index in [9.17, 15) is 5.11 Å². The van der Waals surface area contributed by atoms with Crippen molar-refractivity contribution in [3.05, 3.63) is 53.0 Å². The first-order valence-corrected chi connectivity index (χ1v) is 6.98. The molecular weight excluding hydrogens is 319 g/mol. The van der Waals surface area contributed by atoms with Crippen LogP contribution in [0.5, 0.6) is 5.75 Å². The molecule has 0 saturated carbocycles. The zero-order valence-corrected chi connectivity index (χ0v) is 11.2. The first kappa shape index (κ1) is 10.7. The Balaban J connectivity index is 2.28. The van der Waals surface area contributed by atoms with Crippen molar-refractivity contribution in [1.82, 2.24) is 0 Å². The molecule has 0 aliphatic carbocycles. The van der Waals surface area contributed by atoms with Gasteiger partial charge < -0.3 is 0 Å². The Hall–Kier alpha value is -0.761. The minimum absolute atomic E-state index is 0.162. The summed E-state index contributed by atoms with van der Waals surface area (Å²) < 4.78 is 3.27. The summed E-state index contributed by atoms with van der Waals surface area (Å²) >= 11 is 3.57. The average Bonchev–Trinajstić information content (AvgIpc) is 2.25. The Labute approximate surface area is 103 Å². The van der Waals surface area contributed by atoms with Gasteiger partial charge in [0.15, 0.2) is 0 Å². The van der Waals surface area contributed by atoms with Crippen molar-refractivity contribution in [2.24, 2.45) is 0 Å². The van der Waals surface area contributed by atoms with Gasteiger partial charge in [-0.15, -0.1) is 0 Å². The summed E-state index contributed by atoms with van der Waals surface area (Å²) in [5.41, 5.74) is 0. The molecule has 2 aromatic rings. The van der Waals surface area contributed by atoms with Crippen LogP contribution in [0.1, 0.15) is 0 Å². The van der Waals surface area contributed by atoms with E-state index >= 15 is 0 Å². The summed E-state index contributed by atoms with van der Waals surface area (Å²) in [5, 5.41) is 9.69. The Morgan fingerprint density at radius 1 is 1.00 bits per heavy atom. The number of hydrogen-bond acceptors (Lipinski definition) is 1. The van der Waals surface area contributed by atoms with Gasteiger partial charge >= 0.3 is 104 Å². The molecule has 0 aliphatic rings. The van der Waals surface area contributed by atoms with Crippen LogP contribution in [0.15, 0.2) is 53.0 Å². The maximum absolute atomic E-state index is 9.69. The van der Waals surface area contributed by atoms with E-state index in [2.05, 4.69) is 28.1 Å². The summed E-state index contributed by atoms with van der Waals surface area (Å²) in [6.07, 6.45) is 0. The third-order valence-corrected chi connectivity index (χ3v) is 4.60. The number of phenolic OH excluding ortho intramolecular Hbond substituents is 1. The van der Waals surface area contributed by atoms with Crippen molar-refractivity contribution >= 4 is 39.8 Å². The van der Waals surface area contributed by atoms with E-state index in [0.717, 1.165) is 8.93 Å². The van der Waals surface area contributed by atoms with Crippen molar-refractivity contribution in [2.45, 2.75) is 0 Å². The first-order valence-electron chi connectivity index (χ1n) is 4.47. The van der Waals surface area contributed by atoms with Crippen LogP contribution < -0.4 is 8.92 Å². The Morgan fingerprint density at radius 3 is 2.47 bits per heavy atom. The summed E-state index contributed by atoms with van der Waals surface area (Å²) in [6.45, 7) is 0. The summed E-state index contributed by atoms with van der Waals surface area (Å²) in [4.78, 5) is 0. The molecule has 3 heteroatoms. The fourth-order valence-corrected chi connectivity index (χ4v) is 3.79. The van der Waals surface area contributed by atoms with Crippen molar-refractivity contribution in [3.8, 4) is 5.75 Å².